The number of hydrogen-bond acceptors (Lipinski definition) is 4. The number of amidine groups is 1. The third-order valence-corrected chi connectivity index (χ3v) is 4.42. The van der Waals surface area contributed by atoms with Crippen LogP contribution in [-0.2, 0) is 9.53 Å². The summed E-state index contributed by atoms with van der Waals surface area (Å²) in [6.07, 6.45) is 4.11. The Labute approximate surface area is 113 Å². The van der Waals surface area contributed by atoms with Crippen LogP contribution in [0, 0.1) is 5.41 Å². The predicted octanol–water partition coefficient (Wildman–Crippen LogP) is 0.931. The van der Waals surface area contributed by atoms with E-state index in [-0.39, 0.29) is 17.8 Å². The monoisotopic (exact) mass is 269 g/mol. The average molecular weight is 269 g/mol. The Bertz CT molecular complexity index is 364. The molecular formula is C13H23N3O3. The molecule has 1 atom stereocenters. The zero-order chi connectivity index (χ0) is 13.9. The van der Waals surface area contributed by atoms with Crippen molar-refractivity contribution in [3.05, 3.63) is 0 Å². The van der Waals surface area contributed by atoms with Gasteiger partial charge in [0.25, 0.3) is 0 Å². The molecule has 0 bridgehead atoms. The molecule has 1 saturated heterocycles. The maximum Gasteiger partial charge on any atom is 0.236 e. The Hall–Kier alpha value is -1.30. The number of carbonyl (C=O) groups is 1. The fourth-order valence-corrected chi connectivity index (χ4v) is 3.19. The zero-order valence-electron chi connectivity index (χ0n) is 11.5. The van der Waals surface area contributed by atoms with E-state index in [4.69, 9.17) is 15.7 Å². The van der Waals surface area contributed by atoms with Crippen molar-refractivity contribution in [1.82, 2.24) is 4.90 Å². The fraction of sp³-hybridized carbons (Fsp3) is 0.846. The summed E-state index contributed by atoms with van der Waals surface area (Å²) in [4.78, 5) is 14.8. The second-order valence-electron chi connectivity index (χ2n) is 5.41. The summed E-state index contributed by atoms with van der Waals surface area (Å²) in [6, 6.07) is 0.102. The average Bonchev–Trinajstić information content (AvgIpc) is 2.96. The third kappa shape index (κ3) is 2.41. The fourth-order valence-electron chi connectivity index (χ4n) is 3.19. The van der Waals surface area contributed by atoms with Gasteiger partial charge in [-0.15, -0.1) is 0 Å². The molecule has 1 heterocycles. The molecule has 2 fully saturated rings. The summed E-state index contributed by atoms with van der Waals surface area (Å²) in [5.74, 6) is 0.0757. The molecule has 1 aliphatic carbocycles. The quantitative estimate of drug-likeness (QED) is 0.345. The lowest BCUT2D eigenvalue weighted by atomic mass is 9.82. The molecule has 1 amide bonds. The molecule has 1 aliphatic heterocycles. The number of carbonyl (C=O) groups excluding carboxylic acids is 1. The minimum Gasteiger partial charge on any atom is -0.409 e. The van der Waals surface area contributed by atoms with Crippen LogP contribution in [0.2, 0.25) is 0 Å². The second-order valence-corrected chi connectivity index (χ2v) is 5.41. The van der Waals surface area contributed by atoms with E-state index in [1.165, 1.54) is 0 Å². The predicted molar refractivity (Wildman–Crippen MR) is 70.9 cm³/mol. The Balaban J connectivity index is 2.24. The van der Waals surface area contributed by atoms with Crippen molar-refractivity contribution >= 4 is 11.7 Å². The molecule has 19 heavy (non-hydrogen) atoms. The molecular weight excluding hydrogens is 246 g/mol. The highest BCUT2D eigenvalue weighted by atomic mass is 16.5. The number of morpholine rings is 1. The minimum atomic E-state index is -0.792. The molecule has 1 unspecified atom stereocenters. The molecule has 1 saturated carbocycles. The van der Waals surface area contributed by atoms with Gasteiger partial charge in [0.2, 0.25) is 5.91 Å². The zero-order valence-corrected chi connectivity index (χ0v) is 11.5. The first-order valence-corrected chi connectivity index (χ1v) is 7.02. The lowest BCUT2D eigenvalue weighted by molar-refractivity contribution is -0.147. The summed E-state index contributed by atoms with van der Waals surface area (Å²) < 4.78 is 5.43. The van der Waals surface area contributed by atoms with Crippen LogP contribution in [0.4, 0.5) is 0 Å². The van der Waals surface area contributed by atoms with Gasteiger partial charge < -0.3 is 20.6 Å². The van der Waals surface area contributed by atoms with Crippen molar-refractivity contribution < 1.29 is 14.7 Å². The molecule has 6 heteroatoms. The van der Waals surface area contributed by atoms with Gasteiger partial charge in [0.05, 0.1) is 19.3 Å². The first-order valence-electron chi connectivity index (χ1n) is 7.02. The van der Waals surface area contributed by atoms with Crippen molar-refractivity contribution in [3.63, 3.8) is 0 Å². The first kappa shape index (κ1) is 14.1. The minimum absolute atomic E-state index is 0.00968. The van der Waals surface area contributed by atoms with E-state index < -0.39 is 5.41 Å². The number of oxime groups is 1. The van der Waals surface area contributed by atoms with Crippen LogP contribution in [0.3, 0.4) is 0 Å². The summed E-state index contributed by atoms with van der Waals surface area (Å²) in [7, 11) is 0. The van der Waals surface area contributed by atoms with Gasteiger partial charge in [0.1, 0.15) is 5.41 Å². The molecule has 0 radical (unpaired) electrons. The van der Waals surface area contributed by atoms with E-state index in [2.05, 4.69) is 5.16 Å². The second kappa shape index (κ2) is 5.77. The number of amides is 1. The van der Waals surface area contributed by atoms with Gasteiger partial charge in [0, 0.05) is 6.54 Å². The molecule has 0 aromatic carbocycles. The molecule has 6 nitrogen and oxygen atoms in total. The van der Waals surface area contributed by atoms with E-state index in [0.717, 1.165) is 19.3 Å². The molecule has 3 N–H and O–H groups in total. The molecule has 108 valence electrons. The summed E-state index contributed by atoms with van der Waals surface area (Å²) in [5, 5.41) is 12.1. The van der Waals surface area contributed by atoms with E-state index in [1.54, 1.807) is 0 Å². The maximum absolute atomic E-state index is 12.9. The van der Waals surface area contributed by atoms with E-state index in [9.17, 15) is 4.79 Å². The highest BCUT2D eigenvalue weighted by molar-refractivity contribution is 6.07. The first-order chi connectivity index (χ1) is 9.15. The van der Waals surface area contributed by atoms with Crippen molar-refractivity contribution in [2.75, 3.05) is 19.8 Å². The molecule has 0 aromatic rings. The molecule has 2 rings (SSSR count). The number of ether oxygens (including phenoxy) is 1. The van der Waals surface area contributed by atoms with Crippen LogP contribution in [0.1, 0.15) is 39.0 Å². The maximum atomic E-state index is 12.9. The topological polar surface area (TPSA) is 88.2 Å². The third-order valence-electron chi connectivity index (χ3n) is 4.42. The lowest BCUT2D eigenvalue weighted by Gasteiger charge is -2.40. The Kier molecular flexibility index (Phi) is 4.29. The Morgan fingerprint density at radius 2 is 2.21 bits per heavy atom. The van der Waals surface area contributed by atoms with Crippen molar-refractivity contribution in [2.24, 2.45) is 16.3 Å². The van der Waals surface area contributed by atoms with Gasteiger partial charge in [-0.2, -0.15) is 0 Å². The van der Waals surface area contributed by atoms with Gasteiger partial charge in [-0.1, -0.05) is 24.9 Å². The lowest BCUT2D eigenvalue weighted by Crippen LogP contribution is -2.56. The standard InChI is InChI=1S/C13H23N3O3/c1-2-10-9-19-8-7-16(10)12(17)13(11(14)15-18)5-3-4-6-13/h10,18H,2-9H2,1H3,(H2,14,15). The summed E-state index contributed by atoms with van der Waals surface area (Å²) >= 11 is 0. The highest BCUT2D eigenvalue weighted by Gasteiger charge is 2.48. The van der Waals surface area contributed by atoms with Crippen LogP contribution < -0.4 is 5.73 Å². The van der Waals surface area contributed by atoms with Gasteiger partial charge >= 0.3 is 0 Å². The van der Waals surface area contributed by atoms with Crippen molar-refractivity contribution in [3.8, 4) is 0 Å². The van der Waals surface area contributed by atoms with Gasteiger partial charge in [-0.05, 0) is 19.3 Å². The van der Waals surface area contributed by atoms with Crippen LogP contribution in [0.5, 0.6) is 0 Å². The van der Waals surface area contributed by atoms with Gasteiger partial charge in [-0.3, -0.25) is 4.79 Å². The summed E-state index contributed by atoms with van der Waals surface area (Å²) in [6.45, 7) is 3.78. The Morgan fingerprint density at radius 3 is 2.79 bits per heavy atom. The van der Waals surface area contributed by atoms with Crippen LogP contribution in [0.25, 0.3) is 0 Å². The highest BCUT2D eigenvalue weighted by Crippen LogP contribution is 2.40. The SMILES string of the molecule is CCC1COCCN1C(=O)C1(C(N)=NO)CCCC1. The van der Waals surface area contributed by atoms with Gasteiger partial charge in [0.15, 0.2) is 5.84 Å². The summed E-state index contributed by atoms with van der Waals surface area (Å²) in [5.41, 5.74) is 5.04. The van der Waals surface area contributed by atoms with Gasteiger partial charge in [-0.25, -0.2) is 0 Å². The van der Waals surface area contributed by atoms with Crippen molar-refractivity contribution in [1.29, 1.82) is 0 Å². The van der Waals surface area contributed by atoms with Crippen LogP contribution >= 0.6 is 0 Å². The van der Waals surface area contributed by atoms with E-state index >= 15 is 0 Å². The van der Waals surface area contributed by atoms with Crippen molar-refractivity contribution in [2.45, 2.75) is 45.1 Å². The van der Waals surface area contributed by atoms with Crippen LogP contribution in [0.15, 0.2) is 5.16 Å². The van der Waals surface area contributed by atoms with Crippen LogP contribution in [-0.4, -0.2) is 47.7 Å². The molecule has 0 aromatic heterocycles. The number of nitrogens with two attached hydrogens (primary N) is 1. The normalized spacial score (nSPS) is 27.5. The largest absolute Gasteiger partial charge is 0.409 e. The smallest absolute Gasteiger partial charge is 0.236 e. The number of rotatable bonds is 3. The van der Waals surface area contributed by atoms with E-state index in [0.29, 0.717) is 32.6 Å². The molecule has 0 spiro atoms. The number of hydrogen-bond donors (Lipinski definition) is 2. The number of nitrogens with zero attached hydrogens (tertiary/aromatic N) is 2. The molecule has 2 aliphatic rings. The Morgan fingerprint density at radius 1 is 1.53 bits per heavy atom. The van der Waals surface area contributed by atoms with E-state index in [1.807, 2.05) is 11.8 Å².